The van der Waals surface area contributed by atoms with E-state index in [-0.39, 0.29) is 10.8 Å². The number of halogens is 1. The van der Waals surface area contributed by atoms with Crippen LogP contribution in [0.3, 0.4) is 0 Å². The van der Waals surface area contributed by atoms with Gasteiger partial charge in [0.25, 0.3) is 0 Å². The lowest BCUT2D eigenvalue weighted by Crippen LogP contribution is -2.65. The molecule has 40 heavy (non-hydrogen) atoms. The molecular formula is C26H42ClN3O8S2. The maximum absolute atomic E-state index is 13.2. The smallest absolute Gasteiger partial charge is 0.240 e. The van der Waals surface area contributed by atoms with Gasteiger partial charge in [-0.2, -0.15) is 0 Å². The maximum Gasteiger partial charge on any atom is 0.240 e. The first-order valence-electron chi connectivity index (χ1n) is 13.5. The molecule has 14 heteroatoms. The number of hydrogen-bond donors (Lipinski definition) is 6. The van der Waals surface area contributed by atoms with Crippen molar-refractivity contribution < 1.29 is 38.0 Å². The Labute approximate surface area is 245 Å². The minimum atomic E-state index is -3.60. The van der Waals surface area contributed by atoms with Crippen LogP contribution in [0, 0.1) is 5.92 Å². The predicted molar refractivity (Wildman–Crippen MR) is 154 cm³/mol. The fraction of sp³-hybridized carbons (Fsp3) is 0.731. The van der Waals surface area contributed by atoms with Crippen LogP contribution in [0.15, 0.2) is 29.2 Å². The molecule has 2 aliphatic heterocycles. The van der Waals surface area contributed by atoms with Gasteiger partial charge in [-0.05, 0) is 82.0 Å². The quantitative estimate of drug-likeness (QED) is 0.145. The third-order valence-corrected chi connectivity index (χ3v) is 10.2. The highest BCUT2D eigenvalue weighted by atomic mass is 35.5. The second kappa shape index (κ2) is 15.4. The molecule has 1 aromatic carbocycles. The molecule has 0 bridgehead atoms. The van der Waals surface area contributed by atoms with Crippen molar-refractivity contribution in [3.8, 4) is 5.75 Å². The minimum absolute atomic E-state index is 0.186. The standard InChI is InChI=1S/C26H42ClN3O8S2/c1-15(27)20(24-22(32)21(31)23(33)26(38-24)39-3)30-25(34)19-11-6-16(12-14-28-19)5-4-13-29-40(35,36)18-9-7-17(37-2)8-10-18/h7-10,15-16,19-24,26,28-29,31-33H,4-6,11-14H2,1-3H3,(H,30,34)/t15-,16-,19-,20+,21?,22?,23+,24+,26?/m0/s1. The van der Waals surface area contributed by atoms with Crippen LogP contribution in [0.2, 0.25) is 0 Å². The lowest BCUT2D eigenvalue weighted by Gasteiger charge is -2.44. The van der Waals surface area contributed by atoms with E-state index >= 15 is 0 Å². The van der Waals surface area contributed by atoms with Gasteiger partial charge >= 0.3 is 0 Å². The van der Waals surface area contributed by atoms with Gasteiger partial charge in [-0.25, -0.2) is 13.1 Å². The van der Waals surface area contributed by atoms with Crippen molar-refractivity contribution in [2.24, 2.45) is 5.92 Å². The van der Waals surface area contributed by atoms with Gasteiger partial charge in [0.15, 0.2) is 0 Å². The number of aliphatic hydroxyl groups is 3. The lowest BCUT2D eigenvalue weighted by molar-refractivity contribution is -0.205. The number of alkyl halides is 1. The molecule has 2 aliphatic rings. The number of rotatable bonds is 12. The number of amides is 1. The molecule has 6 N–H and O–H groups in total. The van der Waals surface area contributed by atoms with Crippen LogP contribution in [0.1, 0.15) is 39.0 Å². The van der Waals surface area contributed by atoms with E-state index in [0.717, 1.165) is 19.3 Å². The van der Waals surface area contributed by atoms with Crippen molar-refractivity contribution in [2.45, 2.75) is 91.2 Å². The van der Waals surface area contributed by atoms with Crippen molar-refractivity contribution in [1.29, 1.82) is 0 Å². The largest absolute Gasteiger partial charge is 0.497 e. The Kier molecular flexibility index (Phi) is 12.8. The summed E-state index contributed by atoms with van der Waals surface area (Å²) in [5.41, 5.74) is -0.768. The molecule has 1 amide bonds. The Morgan fingerprint density at radius 3 is 2.50 bits per heavy atom. The Morgan fingerprint density at radius 1 is 1.18 bits per heavy atom. The van der Waals surface area contributed by atoms with Crippen molar-refractivity contribution in [2.75, 3.05) is 26.5 Å². The zero-order valence-corrected chi connectivity index (χ0v) is 25.4. The average molecular weight is 624 g/mol. The Morgan fingerprint density at radius 2 is 1.88 bits per heavy atom. The van der Waals surface area contributed by atoms with Crippen LogP contribution in [-0.4, -0.2) is 103 Å². The summed E-state index contributed by atoms with van der Waals surface area (Å²) in [5.74, 6) is 0.645. The molecule has 2 fully saturated rings. The maximum atomic E-state index is 13.2. The summed E-state index contributed by atoms with van der Waals surface area (Å²) in [6.07, 6.45) is 0.338. The van der Waals surface area contributed by atoms with Crippen molar-refractivity contribution in [3.05, 3.63) is 24.3 Å². The van der Waals surface area contributed by atoms with Gasteiger partial charge in [0, 0.05) is 6.54 Å². The average Bonchev–Trinajstić information content (AvgIpc) is 3.19. The second-order valence-electron chi connectivity index (χ2n) is 10.3. The molecule has 0 aliphatic carbocycles. The Hall–Kier alpha value is -1.16. The van der Waals surface area contributed by atoms with E-state index in [9.17, 15) is 28.5 Å². The van der Waals surface area contributed by atoms with Crippen LogP contribution in [0.4, 0.5) is 0 Å². The molecule has 3 rings (SSSR count). The predicted octanol–water partition coefficient (Wildman–Crippen LogP) is 0.795. The monoisotopic (exact) mass is 623 g/mol. The number of carbonyl (C=O) groups excluding carboxylic acids is 1. The summed E-state index contributed by atoms with van der Waals surface area (Å²) >= 11 is 7.58. The van der Waals surface area contributed by atoms with E-state index in [1.54, 1.807) is 25.3 Å². The van der Waals surface area contributed by atoms with E-state index in [1.165, 1.54) is 31.0 Å². The highest BCUT2D eigenvalue weighted by Gasteiger charge is 2.48. The van der Waals surface area contributed by atoms with E-state index in [1.807, 2.05) is 0 Å². The first-order chi connectivity index (χ1) is 19.0. The van der Waals surface area contributed by atoms with Gasteiger partial charge < -0.3 is 35.4 Å². The first-order valence-corrected chi connectivity index (χ1v) is 16.7. The Bertz CT molecular complexity index is 1050. The number of hydrogen-bond acceptors (Lipinski definition) is 10. The van der Waals surface area contributed by atoms with Crippen molar-refractivity contribution in [1.82, 2.24) is 15.4 Å². The summed E-state index contributed by atoms with van der Waals surface area (Å²) < 4.78 is 38.6. The number of aliphatic hydroxyl groups excluding tert-OH is 3. The van der Waals surface area contributed by atoms with Gasteiger partial charge in [0.1, 0.15) is 35.6 Å². The van der Waals surface area contributed by atoms with Crippen LogP contribution in [0.25, 0.3) is 0 Å². The van der Waals surface area contributed by atoms with Crippen LogP contribution in [-0.2, 0) is 19.6 Å². The molecule has 0 spiro atoms. The number of ether oxygens (including phenoxy) is 2. The zero-order valence-electron chi connectivity index (χ0n) is 23.0. The zero-order chi connectivity index (χ0) is 29.4. The number of methoxy groups -OCH3 is 1. The van der Waals surface area contributed by atoms with Gasteiger partial charge in [-0.3, -0.25) is 4.79 Å². The molecule has 0 saturated carbocycles. The molecule has 2 heterocycles. The molecule has 0 aromatic heterocycles. The van der Waals surface area contributed by atoms with Gasteiger partial charge in [-0.1, -0.05) is 0 Å². The highest BCUT2D eigenvalue weighted by Crippen LogP contribution is 2.30. The van der Waals surface area contributed by atoms with E-state index < -0.39 is 57.3 Å². The molecule has 0 radical (unpaired) electrons. The van der Waals surface area contributed by atoms with Crippen molar-refractivity contribution in [3.63, 3.8) is 0 Å². The molecule has 228 valence electrons. The van der Waals surface area contributed by atoms with Gasteiger partial charge in [0.2, 0.25) is 15.9 Å². The number of benzene rings is 1. The molecular weight excluding hydrogens is 582 g/mol. The van der Waals surface area contributed by atoms with Crippen LogP contribution < -0.4 is 20.1 Å². The molecule has 1 aromatic rings. The fourth-order valence-electron chi connectivity index (χ4n) is 5.15. The topological polar surface area (TPSA) is 166 Å². The third kappa shape index (κ3) is 8.68. The summed E-state index contributed by atoms with van der Waals surface area (Å²) in [7, 11) is -2.08. The summed E-state index contributed by atoms with van der Waals surface area (Å²) in [4.78, 5) is 13.4. The highest BCUT2D eigenvalue weighted by molar-refractivity contribution is 7.99. The SMILES string of the molecule is COc1ccc(S(=O)(=O)NCCC[C@@H]2CCN[C@H](C(=O)N[C@H]([C@H](C)Cl)[C@H]3OC(SC)[C@H](O)C(O)C3O)CC2)cc1. The molecule has 11 nitrogen and oxygen atoms in total. The van der Waals surface area contributed by atoms with Gasteiger partial charge in [0.05, 0.1) is 29.5 Å². The lowest BCUT2D eigenvalue weighted by atomic mass is 9.92. The fourth-order valence-corrected chi connectivity index (χ4v) is 7.11. The van der Waals surface area contributed by atoms with Crippen molar-refractivity contribution >= 4 is 39.3 Å². The number of nitrogens with one attached hydrogen (secondary N) is 3. The van der Waals surface area contributed by atoms with E-state index in [2.05, 4.69) is 15.4 Å². The van der Waals surface area contributed by atoms with Crippen LogP contribution >= 0.6 is 23.4 Å². The first kappa shape index (κ1) is 33.3. The Balaban J connectivity index is 1.48. The molecule has 2 saturated heterocycles. The second-order valence-corrected chi connectivity index (χ2v) is 13.7. The summed E-state index contributed by atoms with van der Waals surface area (Å²) in [6.45, 7) is 2.62. The third-order valence-electron chi connectivity index (χ3n) is 7.57. The number of sulfonamides is 1. The summed E-state index contributed by atoms with van der Waals surface area (Å²) in [6, 6.07) is 4.97. The normalized spacial score (nSPS) is 31.1. The number of carbonyl (C=O) groups is 1. The number of thioether (sulfide) groups is 1. The molecule has 3 unspecified atom stereocenters. The summed E-state index contributed by atoms with van der Waals surface area (Å²) in [5, 5.41) is 36.6. The van der Waals surface area contributed by atoms with Crippen LogP contribution in [0.5, 0.6) is 5.75 Å². The molecule has 9 atom stereocenters. The van der Waals surface area contributed by atoms with E-state index in [0.29, 0.717) is 37.6 Å². The van der Waals surface area contributed by atoms with Gasteiger partial charge in [-0.15, -0.1) is 23.4 Å². The minimum Gasteiger partial charge on any atom is -0.497 e. The van der Waals surface area contributed by atoms with E-state index in [4.69, 9.17) is 21.1 Å².